The summed E-state index contributed by atoms with van der Waals surface area (Å²) < 4.78 is 0. The van der Waals surface area contributed by atoms with Gasteiger partial charge in [-0.2, -0.15) is 0 Å². The number of hydrogen-bond donors (Lipinski definition) is 3. The van der Waals surface area contributed by atoms with Crippen molar-refractivity contribution in [3.05, 3.63) is 0 Å². The van der Waals surface area contributed by atoms with Crippen molar-refractivity contribution in [3.8, 4) is 0 Å². The third kappa shape index (κ3) is 1.73. The molecule has 0 aromatic rings. The van der Waals surface area contributed by atoms with Crippen LogP contribution in [-0.2, 0) is 4.79 Å². The molecular formula is C7H12N2O2S. The van der Waals surface area contributed by atoms with Gasteiger partial charge in [-0.25, -0.2) is 0 Å². The van der Waals surface area contributed by atoms with Crippen molar-refractivity contribution in [1.82, 2.24) is 10.6 Å². The van der Waals surface area contributed by atoms with Gasteiger partial charge < -0.3 is 15.7 Å². The van der Waals surface area contributed by atoms with Crippen LogP contribution in [0.3, 0.4) is 0 Å². The molecule has 0 aromatic carbocycles. The SMILES string of the molecule is CC(=O)[C@H]1CNC(=S)N[C@@]1(C)O. The summed E-state index contributed by atoms with van der Waals surface area (Å²) in [6.07, 6.45) is 0. The number of hydrogen-bond acceptors (Lipinski definition) is 3. The highest BCUT2D eigenvalue weighted by atomic mass is 32.1. The Labute approximate surface area is 76.3 Å². The lowest BCUT2D eigenvalue weighted by Gasteiger charge is -2.37. The van der Waals surface area contributed by atoms with E-state index in [1.807, 2.05) is 0 Å². The fourth-order valence-corrected chi connectivity index (χ4v) is 1.58. The van der Waals surface area contributed by atoms with Crippen molar-refractivity contribution >= 4 is 23.1 Å². The summed E-state index contributed by atoms with van der Waals surface area (Å²) in [5, 5.41) is 15.6. The Kier molecular flexibility index (Phi) is 2.34. The summed E-state index contributed by atoms with van der Waals surface area (Å²) in [4.78, 5) is 11.0. The van der Waals surface area contributed by atoms with Crippen molar-refractivity contribution in [3.63, 3.8) is 0 Å². The van der Waals surface area contributed by atoms with Crippen LogP contribution in [0.2, 0.25) is 0 Å². The number of aliphatic hydroxyl groups is 1. The molecule has 1 fully saturated rings. The van der Waals surface area contributed by atoms with Gasteiger partial charge in [-0.1, -0.05) is 0 Å². The average Bonchev–Trinajstić information content (AvgIpc) is 1.82. The van der Waals surface area contributed by atoms with Gasteiger partial charge in [0.25, 0.3) is 0 Å². The van der Waals surface area contributed by atoms with E-state index >= 15 is 0 Å². The molecule has 1 aliphatic heterocycles. The van der Waals surface area contributed by atoms with Gasteiger partial charge in [0.05, 0.1) is 5.92 Å². The van der Waals surface area contributed by atoms with Gasteiger partial charge in [-0.05, 0) is 26.1 Å². The molecule has 1 saturated heterocycles. The Hall–Kier alpha value is -0.680. The van der Waals surface area contributed by atoms with E-state index in [1.165, 1.54) is 6.92 Å². The molecule has 4 nitrogen and oxygen atoms in total. The van der Waals surface area contributed by atoms with Crippen molar-refractivity contribution in [2.75, 3.05) is 6.54 Å². The fourth-order valence-electron chi connectivity index (χ4n) is 1.29. The molecule has 0 radical (unpaired) electrons. The number of ketones is 1. The van der Waals surface area contributed by atoms with Crippen LogP contribution in [0.4, 0.5) is 0 Å². The largest absolute Gasteiger partial charge is 0.370 e. The molecule has 0 aromatic heterocycles. The zero-order chi connectivity index (χ0) is 9.35. The average molecular weight is 188 g/mol. The first kappa shape index (κ1) is 9.41. The third-order valence-electron chi connectivity index (χ3n) is 2.00. The Morgan fingerprint density at radius 2 is 2.42 bits per heavy atom. The molecule has 5 heteroatoms. The molecule has 1 aliphatic rings. The highest BCUT2D eigenvalue weighted by molar-refractivity contribution is 7.80. The van der Waals surface area contributed by atoms with Crippen LogP contribution in [-0.4, -0.2) is 28.3 Å². The van der Waals surface area contributed by atoms with E-state index in [-0.39, 0.29) is 5.78 Å². The molecule has 0 spiro atoms. The van der Waals surface area contributed by atoms with Crippen molar-refractivity contribution in [2.45, 2.75) is 19.6 Å². The van der Waals surface area contributed by atoms with Crippen LogP contribution in [0, 0.1) is 5.92 Å². The van der Waals surface area contributed by atoms with Gasteiger partial charge in [0, 0.05) is 6.54 Å². The predicted octanol–water partition coefficient (Wildman–Crippen LogP) is -0.622. The number of carbonyl (C=O) groups excluding carboxylic acids is 1. The molecule has 0 saturated carbocycles. The van der Waals surface area contributed by atoms with Crippen LogP contribution in [0.25, 0.3) is 0 Å². The smallest absolute Gasteiger partial charge is 0.168 e. The highest BCUT2D eigenvalue weighted by Crippen LogP contribution is 2.17. The number of carbonyl (C=O) groups is 1. The maximum atomic E-state index is 11.0. The van der Waals surface area contributed by atoms with E-state index in [4.69, 9.17) is 12.2 Å². The zero-order valence-corrected chi connectivity index (χ0v) is 7.86. The van der Waals surface area contributed by atoms with E-state index in [0.717, 1.165) is 0 Å². The van der Waals surface area contributed by atoms with Crippen LogP contribution in [0.5, 0.6) is 0 Å². The Morgan fingerprint density at radius 1 is 1.83 bits per heavy atom. The van der Waals surface area contributed by atoms with E-state index in [9.17, 15) is 9.90 Å². The minimum absolute atomic E-state index is 0.0532. The molecular weight excluding hydrogens is 176 g/mol. The molecule has 12 heavy (non-hydrogen) atoms. The van der Waals surface area contributed by atoms with Gasteiger partial charge in [-0.3, -0.25) is 4.79 Å². The summed E-state index contributed by atoms with van der Waals surface area (Å²) in [7, 11) is 0. The van der Waals surface area contributed by atoms with Crippen LogP contribution in [0.1, 0.15) is 13.8 Å². The standard InChI is InChI=1S/C7H12N2O2S/c1-4(10)5-3-8-6(12)9-7(5,2)11/h5,11H,3H2,1-2H3,(H2,8,9,12)/t5-,7+/m1/s1. The second-order valence-corrected chi connectivity index (χ2v) is 3.55. The van der Waals surface area contributed by atoms with E-state index in [2.05, 4.69) is 10.6 Å². The molecule has 1 rings (SSSR count). The van der Waals surface area contributed by atoms with Gasteiger partial charge in [0.15, 0.2) is 5.11 Å². The van der Waals surface area contributed by atoms with Crippen molar-refractivity contribution in [2.24, 2.45) is 5.92 Å². The van der Waals surface area contributed by atoms with Gasteiger partial charge in [0.2, 0.25) is 0 Å². The molecule has 3 N–H and O–H groups in total. The highest BCUT2D eigenvalue weighted by Gasteiger charge is 2.38. The van der Waals surface area contributed by atoms with Crippen molar-refractivity contribution < 1.29 is 9.90 Å². The lowest BCUT2D eigenvalue weighted by Crippen LogP contribution is -2.64. The van der Waals surface area contributed by atoms with Crippen LogP contribution < -0.4 is 10.6 Å². The quantitative estimate of drug-likeness (QED) is 0.479. The lowest BCUT2D eigenvalue weighted by atomic mass is 9.92. The molecule has 2 atom stereocenters. The molecule has 0 bridgehead atoms. The second-order valence-electron chi connectivity index (χ2n) is 3.15. The predicted molar refractivity (Wildman–Crippen MR) is 48.5 cm³/mol. The number of rotatable bonds is 1. The van der Waals surface area contributed by atoms with Gasteiger partial charge >= 0.3 is 0 Å². The van der Waals surface area contributed by atoms with E-state index in [0.29, 0.717) is 11.7 Å². The van der Waals surface area contributed by atoms with Crippen LogP contribution in [0.15, 0.2) is 0 Å². The summed E-state index contributed by atoms with van der Waals surface area (Å²) in [6.45, 7) is 3.40. The fraction of sp³-hybridized carbons (Fsp3) is 0.714. The second kappa shape index (κ2) is 2.99. The normalized spacial score (nSPS) is 35.2. The Bertz CT molecular complexity index is 227. The number of nitrogens with one attached hydrogen (secondary N) is 2. The molecule has 0 amide bonds. The summed E-state index contributed by atoms with van der Waals surface area (Å²) in [5.74, 6) is -0.494. The third-order valence-corrected chi connectivity index (χ3v) is 2.25. The molecule has 1 heterocycles. The first-order valence-corrected chi connectivity index (χ1v) is 4.13. The first-order chi connectivity index (χ1) is 5.43. The molecule has 0 unspecified atom stereocenters. The maximum absolute atomic E-state index is 11.0. The topological polar surface area (TPSA) is 61.4 Å². The monoisotopic (exact) mass is 188 g/mol. The Morgan fingerprint density at radius 3 is 2.83 bits per heavy atom. The van der Waals surface area contributed by atoms with E-state index < -0.39 is 11.6 Å². The molecule has 68 valence electrons. The minimum atomic E-state index is -1.21. The number of Topliss-reactive ketones (excluding diaryl/α,β-unsaturated/α-hetero) is 1. The number of thiocarbonyl (C=S) groups is 1. The lowest BCUT2D eigenvalue weighted by molar-refractivity contribution is -0.130. The van der Waals surface area contributed by atoms with Gasteiger partial charge in [0.1, 0.15) is 11.5 Å². The summed E-state index contributed by atoms with van der Waals surface area (Å²) >= 11 is 4.80. The maximum Gasteiger partial charge on any atom is 0.168 e. The van der Waals surface area contributed by atoms with E-state index in [1.54, 1.807) is 6.92 Å². The Balaban J connectivity index is 2.77. The summed E-state index contributed by atoms with van der Waals surface area (Å²) in [5.41, 5.74) is -1.21. The van der Waals surface area contributed by atoms with Gasteiger partial charge in [-0.15, -0.1) is 0 Å². The first-order valence-electron chi connectivity index (χ1n) is 3.72. The zero-order valence-electron chi connectivity index (χ0n) is 7.05. The minimum Gasteiger partial charge on any atom is -0.370 e. The molecule has 0 aliphatic carbocycles. The summed E-state index contributed by atoms with van der Waals surface area (Å²) in [6, 6.07) is 0. The van der Waals surface area contributed by atoms with Crippen LogP contribution >= 0.6 is 12.2 Å². The van der Waals surface area contributed by atoms with Crippen molar-refractivity contribution in [1.29, 1.82) is 0 Å².